The number of pyridine rings is 1. The largest absolute Gasteiger partial charge is 0.417 e. The maximum Gasteiger partial charge on any atom is 0.417 e. The number of carbonyl (C=O) groups excluding carboxylic acids is 1. The third-order valence-electron chi connectivity index (χ3n) is 5.67. The van der Waals surface area contributed by atoms with Crippen LogP contribution in [-0.2, 0) is 6.18 Å². The minimum absolute atomic E-state index is 0.0251. The van der Waals surface area contributed by atoms with Gasteiger partial charge < -0.3 is 9.80 Å². The van der Waals surface area contributed by atoms with Crippen LogP contribution in [0.15, 0.2) is 42.7 Å². The number of hydrogen-bond donors (Lipinski definition) is 0. The zero-order valence-corrected chi connectivity index (χ0v) is 19.2. The monoisotopic (exact) mass is 495 g/mol. The third-order valence-corrected chi connectivity index (χ3v) is 5.95. The van der Waals surface area contributed by atoms with Crippen LogP contribution >= 0.6 is 11.6 Å². The summed E-state index contributed by atoms with van der Waals surface area (Å²) >= 11 is 6.07. The first kappa shape index (κ1) is 24.0. The van der Waals surface area contributed by atoms with Gasteiger partial charge in [-0.2, -0.15) is 18.3 Å². The molecule has 2 aromatic heterocycles. The molecule has 0 atom stereocenters. The van der Waals surface area contributed by atoms with E-state index in [0.29, 0.717) is 43.1 Å². The first-order valence-electron chi connectivity index (χ1n) is 10.7. The van der Waals surface area contributed by atoms with Crippen molar-refractivity contribution in [3.8, 4) is 5.69 Å². The van der Waals surface area contributed by atoms with Gasteiger partial charge >= 0.3 is 6.18 Å². The molecule has 34 heavy (non-hydrogen) atoms. The van der Waals surface area contributed by atoms with Crippen molar-refractivity contribution in [3.63, 3.8) is 0 Å². The van der Waals surface area contributed by atoms with Gasteiger partial charge in [-0.3, -0.25) is 4.79 Å². The Morgan fingerprint density at radius 3 is 2.26 bits per heavy atom. The molecule has 0 saturated carbocycles. The van der Waals surface area contributed by atoms with Crippen molar-refractivity contribution in [2.75, 3.05) is 31.1 Å². The zero-order valence-electron chi connectivity index (χ0n) is 18.5. The van der Waals surface area contributed by atoms with E-state index < -0.39 is 11.7 Å². The summed E-state index contributed by atoms with van der Waals surface area (Å²) in [4.78, 5) is 20.7. The van der Waals surface area contributed by atoms with E-state index in [9.17, 15) is 22.4 Å². The number of nitrogens with zero attached hydrogens (tertiary/aromatic N) is 5. The molecule has 0 spiro atoms. The second-order valence-corrected chi connectivity index (χ2v) is 8.70. The number of anilines is 1. The lowest BCUT2D eigenvalue weighted by Crippen LogP contribution is -2.49. The molecule has 0 radical (unpaired) electrons. The third kappa shape index (κ3) is 4.72. The topological polar surface area (TPSA) is 54.3 Å². The van der Waals surface area contributed by atoms with E-state index in [1.54, 1.807) is 26.6 Å². The van der Waals surface area contributed by atoms with Gasteiger partial charge in [-0.1, -0.05) is 25.4 Å². The Hall–Kier alpha value is -3.14. The van der Waals surface area contributed by atoms with Crippen LogP contribution in [-0.4, -0.2) is 51.8 Å². The summed E-state index contributed by atoms with van der Waals surface area (Å²) < 4.78 is 53.6. The molecule has 0 aliphatic carbocycles. The summed E-state index contributed by atoms with van der Waals surface area (Å²) in [6, 6.07) is 6.73. The summed E-state index contributed by atoms with van der Waals surface area (Å²) in [5, 5.41) is 4.29. The van der Waals surface area contributed by atoms with Gasteiger partial charge in [-0.25, -0.2) is 14.1 Å². The molecule has 11 heteroatoms. The molecule has 3 heterocycles. The van der Waals surface area contributed by atoms with Crippen molar-refractivity contribution in [2.45, 2.75) is 25.9 Å². The number of aromatic nitrogens is 3. The highest BCUT2D eigenvalue weighted by atomic mass is 35.5. The second kappa shape index (κ2) is 9.25. The number of carbonyl (C=O) groups is 1. The SMILES string of the molecule is CC(C)c1c(C(=O)N2CCN(c3ncc(C(F)(F)F)cc3Cl)CC2)cnn1-c1ccc(F)cc1. The van der Waals surface area contributed by atoms with Crippen LogP contribution in [0.2, 0.25) is 5.02 Å². The van der Waals surface area contributed by atoms with E-state index in [0.717, 1.165) is 12.3 Å². The molecular weight excluding hydrogens is 474 g/mol. The summed E-state index contributed by atoms with van der Waals surface area (Å²) in [6.07, 6.45) is -2.24. The van der Waals surface area contributed by atoms with Crippen molar-refractivity contribution in [2.24, 2.45) is 0 Å². The van der Waals surface area contributed by atoms with Gasteiger partial charge in [0.2, 0.25) is 0 Å². The van der Waals surface area contributed by atoms with Gasteiger partial charge in [0.1, 0.15) is 11.6 Å². The Kier molecular flexibility index (Phi) is 6.53. The second-order valence-electron chi connectivity index (χ2n) is 8.29. The molecule has 4 rings (SSSR count). The number of benzene rings is 1. The number of rotatable bonds is 4. The Morgan fingerprint density at radius 2 is 1.71 bits per heavy atom. The fourth-order valence-electron chi connectivity index (χ4n) is 3.98. The highest BCUT2D eigenvalue weighted by Crippen LogP contribution is 2.34. The Balaban J connectivity index is 1.50. The van der Waals surface area contributed by atoms with Crippen LogP contribution in [0.1, 0.15) is 41.4 Å². The summed E-state index contributed by atoms with van der Waals surface area (Å²) in [7, 11) is 0. The minimum Gasteiger partial charge on any atom is -0.352 e. The smallest absolute Gasteiger partial charge is 0.352 e. The maximum atomic E-state index is 13.3. The lowest BCUT2D eigenvalue weighted by molar-refractivity contribution is -0.137. The maximum absolute atomic E-state index is 13.3. The molecule has 180 valence electrons. The van der Waals surface area contributed by atoms with Crippen molar-refractivity contribution in [1.29, 1.82) is 0 Å². The van der Waals surface area contributed by atoms with E-state index in [2.05, 4.69) is 10.1 Å². The normalized spacial score (nSPS) is 14.7. The fraction of sp³-hybridized carbons (Fsp3) is 0.348. The van der Waals surface area contributed by atoms with E-state index in [1.165, 1.54) is 18.3 Å². The molecule has 1 fully saturated rings. The first-order chi connectivity index (χ1) is 16.1. The van der Waals surface area contributed by atoms with Gasteiger partial charge in [-0.15, -0.1) is 0 Å². The van der Waals surface area contributed by atoms with Gasteiger partial charge in [0.05, 0.1) is 33.7 Å². The number of halogens is 5. The van der Waals surface area contributed by atoms with Crippen molar-refractivity contribution < 1.29 is 22.4 Å². The minimum atomic E-state index is -4.52. The molecule has 6 nitrogen and oxygen atoms in total. The number of alkyl halides is 3. The summed E-state index contributed by atoms with van der Waals surface area (Å²) in [6.45, 7) is 5.32. The Morgan fingerprint density at radius 1 is 1.06 bits per heavy atom. The van der Waals surface area contributed by atoms with E-state index in [-0.39, 0.29) is 28.5 Å². The van der Waals surface area contributed by atoms with E-state index >= 15 is 0 Å². The number of amides is 1. The Labute approximate surface area is 198 Å². The quantitative estimate of drug-likeness (QED) is 0.469. The molecule has 1 aliphatic rings. The van der Waals surface area contributed by atoms with Crippen LogP contribution in [0.3, 0.4) is 0 Å². The van der Waals surface area contributed by atoms with Gasteiger partial charge in [-0.05, 0) is 36.2 Å². The molecule has 1 aliphatic heterocycles. The standard InChI is InChI=1S/C23H22ClF4N5O/c1-14(2)20-18(13-30-33(20)17-5-3-16(25)4-6-17)22(34)32-9-7-31(8-10-32)21-19(24)11-15(12-29-21)23(26,27)28/h3-6,11-14H,7-10H2,1-2H3. The van der Waals surface area contributed by atoms with Crippen LogP contribution in [0.4, 0.5) is 23.4 Å². The summed E-state index contributed by atoms with van der Waals surface area (Å²) in [5.41, 5.74) is 0.913. The van der Waals surface area contributed by atoms with Crippen molar-refractivity contribution in [1.82, 2.24) is 19.7 Å². The number of hydrogen-bond acceptors (Lipinski definition) is 4. The molecule has 0 N–H and O–H groups in total. The van der Waals surface area contributed by atoms with Crippen LogP contribution in [0.25, 0.3) is 5.69 Å². The highest BCUT2D eigenvalue weighted by Gasteiger charge is 2.33. The molecule has 0 bridgehead atoms. The van der Waals surface area contributed by atoms with E-state index in [4.69, 9.17) is 11.6 Å². The molecular formula is C23H22ClF4N5O. The molecule has 1 amide bonds. The van der Waals surface area contributed by atoms with Crippen LogP contribution in [0.5, 0.6) is 0 Å². The van der Waals surface area contributed by atoms with E-state index in [1.807, 2.05) is 13.8 Å². The van der Waals surface area contributed by atoms with Crippen molar-refractivity contribution >= 4 is 23.3 Å². The highest BCUT2D eigenvalue weighted by molar-refractivity contribution is 6.33. The average Bonchev–Trinajstić information content (AvgIpc) is 3.24. The number of piperazine rings is 1. The lowest BCUT2D eigenvalue weighted by Gasteiger charge is -2.36. The van der Waals surface area contributed by atoms with Gasteiger partial charge in [0.25, 0.3) is 5.91 Å². The lowest BCUT2D eigenvalue weighted by atomic mass is 10.0. The molecule has 1 saturated heterocycles. The average molecular weight is 496 g/mol. The molecule has 3 aromatic rings. The molecule has 0 unspecified atom stereocenters. The first-order valence-corrected chi connectivity index (χ1v) is 11.0. The zero-order chi connectivity index (χ0) is 24.6. The van der Waals surface area contributed by atoms with Crippen LogP contribution < -0.4 is 4.90 Å². The van der Waals surface area contributed by atoms with Gasteiger partial charge in [0, 0.05) is 32.4 Å². The van der Waals surface area contributed by atoms with Crippen LogP contribution in [0, 0.1) is 5.82 Å². The predicted molar refractivity (Wildman–Crippen MR) is 120 cm³/mol. The fourth-order valence-corrected chi connectivity index (χ4v) is 4.26. The Bertz CT molecular complexity index is 1190. The summed E-state index contributed by atoms with van der Waals surface area (Å²) in [5.74, 6) is -0.321. The van der Waals surface area contributed by atoms with Crippen molar-refractivity contribution in [3.05, 3.63) is 70.4 Å². The predicted octanol–water partition coefficient (Wildman–Crippen LogP) is 5.16. The molecule has 1 aromatic carbocycles. The van der Waals surface area contributed by atoms with Gasteiger partial charge in [0.15, 0.2) is 0 Å².